The molecule has 1 aliphatic heterocycles. The largest absolute Gasteiger partial charge is 0.481 e. The van der Waals surface area contributed by atoms with Gasteiger partial charge in [0.2, 0.25) is 5.91 Å². The molecule has 21 heavy (non-hydrogen) atoms. The van der Waals surface area contributed by atoms with Gasteiger partial charge in [-0.25, -0.2) is 0 Å². The van der Waals surface area contributed by atoms with E-state index < -0.39 is 5.97 Å². The number of carboxylic acids is 1. The van der Waals surface area contributed by atoms with E-state index in [-0.39, 0.29) is 23.8 Å². The number of hydrogen-bond acceptors (Lipinski definition) is 3. The van der Waals surface area contributed by atoms with Gasteiger partial charge in [-0.1, -0.05) is 0 Å². The van der Waals surface area contributed by atoms with Crippen molar-refractivity contribution in [2.24, 2.45) is 23.7 Å². The maximum absolute atomic E-state index is 12.2. The van der Waals surface area contributed by atoms with Gasteiger partial charge in [-0.05, 0) is 69.4 Å². The monoisotopic (exact) mass is 294 g/mol. The van der Waals surface area contributed by atoms with E-state index in [2.05, 4.69) is 10.6 Å². The van der Waals surface area contributed by atoms with Crippen LogP contribution in [0.1, 0.15) is 44.9 Å². The van der Waals surface area contributed by atoms with Crippen molar-refractivity contribution in [3.8, 4) is 0 Å². The van der Waals surface area contributed by atoms with Crippen LogP contribution in [0.5, 0.6) is 0 Å². The molecule has 0 radical (unpaired) electrons. The standard InChI is InChI=1S/C16H26N2O3/c19-13(6-3-10-2-1-7-17-9-10)18-15-12-5-4-11(8-12)14(15)16(20)21/h10-12,14-15,17H,1-9H2,(H,18,19)(H,20,21). The summed E-state index contributed by atoms with van der Waals surface area (Å²) >= 11 is 0. The third kappa shape index (κ3) is 3.23. The van der Waals surface area contributed by atoms with E-state index in [0.29, 0.717) is 18.3 Å². The highest BCUT2D eigenvalue weighted by Crippen LogP contribution is 2.48. The molecular formula is C16H26N2O3. The van der Waals surface area contributed by atoms with Crippen LogP contribution >= 0.6 is 0 Å². The van der Waals surface area contributed by atoms with Gasteiger partial charge >= 0.3 is 5.97 Å². The average molecular weight is 294 g/mol. The van der Waals surface area contributed by atoms with Crippen molar-refractivity contribution in [3.63, 3.8) is 0 Å². The number of rotatable bonds is 5. The minimum atomic E-state index is -0.732. The Bertz CT molecular complexity index is 406. The Balaban J connectivity index is 1.48. The van der Waals surface area contributed by atoms with E-state index in [1.807, 2.05) is 0 Å². The first-order valence-electron chi connectivity index (χ1n) is 8.38. The van der Waals surface area contributed by atoms with E-state index in [9.17, 15) is 14.7 Å². The molecule has 3 fully saturated rings. The second kappa shape index (κ2) is 6.34. The van der Waals surface area contributed by atoms with Crippen LogP contribution in [0.25, 0.3) is 0 Å². The number of aliphatic carboxylic acids is 1. The number of carbonyl (C=O) groups is 2. The van der Waals surface area contributed by atoms with Gasteiger partial charge < -0.3 is 15.7 Å². The molecule has 0 spiro atoms. The number of amides is 1. The average Bonchev–Trinajstić information content (AvgIpc) is 3.07. The fraction of sp³-hybridized carbons (Fsp3) is 0.875. The Labute approximate surface area is 125 Å². The zero-order chi connectivity index (χ0) is 14.8. The minimum absolute atomic E-state index is 0.0457. The van der Waals surface area contributed by atoms with Crippen LogP contribution in [-0.4, -0.2) is 36.1 Å². The molecule has 5 heteroatoms. The van der Waals surface area contributed by atoms with Gasteiger partial charge in [-0.2, -0.15) is 0 Å². The lowest BCUT2D eigenvalue weighted by Crippen LogP contribution is -2.47. The SMILES string of the molecule is O=C(CCC1CCCNC1)NC1C2CCC(C2)C1C(=O)O. The molecule has 2 saturated carbocycles. The normalized spacial score (nSPS) is 38.4. The van der Waals surface area contributed by atoms with Crippen molar-refractivity contribution >= 4 is 11.9 Å². The van der Waals surface area contributed by atoms with E-state index in [1.54, 1.807) is 0 Å². The Kier molecular flexibility index (Phi) is 4.48. The van der Waals surface area contributed by atoms with Crippen molar-refractivity contribution in [2.75, 3.05) is 13.1 Å². The summed E-state index contributed by atoms with van der Waals surface area (Å²) in [5.74, 6) is 0.217. The summed E-state index contributed by atoms with van der Waals surface area (Å²) in [6, 6.07) is -0.127. The summed E-state index contributed by atoms with van der Waals surface area (Å²) < 4.78 is 0. The van der Waals surface area contributed by atoms with Gasteiger partial charge in [-0.3, -0.25) is 9.59 Å². The van der Waals surface area contributed by atoms with Crippen molar-refractivity contribution in [1.29, 1.82) is 0 Å². The zero-order valence-electron chi connectivity index (χ0n) is 12.5. The molecule has 1 heterocycles. The van der Waals surface area contributed by atoms with Crippen molar-refractivity contribution in [1.82, 2.24) is 10.6 Å². The van der Waals surface area contributed by atoms with Gasteiger partial charge in [0.15, 0.2) is 0 Å². The highest BCUT2D eigenvalue weighted by atomic mass is 16.4. The molecule has 0 aromatic rings. The molecule has 1 saturated heterocycles. The molecule has 2 aliphatic carbocycles. The molecule has 3 rings (SSSR count). The lowest BCUT2D eigenvalue weighted by Gasteiger charge is -2.29. The molecular weight excluding hydrogens is 268 g/mol. The lowest BCUT2D eigenvalue weighted by molar-refractivity contribution is -0.144. The summed E-state index contributed by atoms with van der Waals surface area (Å²) in [5, 5.41) is 15.8. The third-order valence-corrected chi connectivity index (χ3v) is 5.71. The number of carbonyl (C=O) groups excluding carboxylic acids is 1. The van der Waals surface area contributed by atoms with Crippen LogP contribution in [0.15, 0.2) is 0 Å². The summed E-state index contributed by atoms with van der Waals surface area (Å²) in [4.78, 5) is 23.6. The second-order valence-electron chi connectivity index (χ2n) is 7.04. The number of carboxylic acid groups (broad SMARTS) is 1. The lowest BCUT2D eigenvalue weighted by atomic mass is 9.84. The van der Waals surface area contributed by atoms with Crippen molar-refractivity contribution in [3.05, 3.63) is 0 Å². The molecule has 0 aromatic heterocycles. The summed E-state index contributed by atoms with van der Waals surface area (Å²) in [6.07, 6.45) is 6.91. The maximum Gasteiger partial charge on any atom is 0.308 e. The number of fused-ring (bicyclic) bond motifs is 2. The molecule has 3 aliphatic rings. The van der Waals surface area contributed by atoms with Gasteiger partial charge in [-0.15, -0.1) is 0 Å². The van der Waals surface area contributed by atoms with E-state index in [1.165, 1.54) is 12.8 Å². The second-order valence-corrected chi connectivity index (χ2v) is 7.04. The van der Waals surface area contributed by atoms with E-state index in [4.69, 9.17) is 0 Å². The Hall–Kier alpha value is -1.10. The van der Waals surface area contributed by atoms with Crippen LogP contribution in [0.2, 0.25) is 0 Å². The molecule has 5 unspecified atom stereocenters. The minimum Gasteiger partial charge on any atom is -0.481 e. The number of hydrogen-bond donors (Lipinski definition) is 3. The Morgan fingerprint density at radius 1 is 1.19 bits per heavy atom. The molecule has 3 N–H and O–H groups in total. The summed E-state index contributed by atoms with van der Waals surface area (Å²) in [7, 11) is 0. The van der Waals surface area contributed by atoms with Crippen molar-refractivity contribution < 1.29 is 14.7 Å². The van der Waals surface area contributed by atoms with E-state index in [0.717, 1.165) is 38.8 Å². The van der Waals surface area contributed by atoms with Crippen LogP contribution in [0, 0.1) is 23.7 Å². The molecule has 0 aromatic carbocycles. The first-order chi connectivity index (χ1) is 10.1. The summed E-state index contributed by atoms with van der Waals surface area (Å²) in [6.45, 7) is 2.10. The van der Waals surface area contributed by atoms with Gasteiger partial charge in [0.25, 0.3) is 0 Å². The van der Waals surface area contributed by atoms with E-state index >= 15 is 0 Å². The Morgan fingerprint density at radius 3 is 2.71 bits per heavy atom. The summed E-state index contributed by atoms with van der Waals surface area (Å²) in [5.41, 5.74) is 0. The highest BCUT2D eigenvalue weighted by molar-refractivity contribution is 5.78. The van der Waals surface area contributed by atoms with Crippen LogP contribution in [0.3, 0.4) is 0 Å². The van der Waals surface area contributed by atoms with Crippen molar-refractivity contribution in [2.45, 2.75) is 51.0 Å². The smallest absolute Gasteiger partial charge is 0.308 e. The van der Waals surface area contributed by atoms with Crippen LogP contribution in [-0.2, 0) is 9.59 Å². The maximum atomic E-state index is 12.2. The molecule has 1 amide bonds. The molecule has 2 bridgehead atoms. The number of piperidine rings is 1. The first-order valence-corrected chi connectivity index (χ1v) is 8.38. The number of nitrogens with one attached hydrogen (secondary N) is 2. The Morgan fingerprint density at radius 2 is 2.00 bits per heavy atom. The zero-order valence-corrected chi connectivity index (χ0v) is 12.5. The fourth-order valence-corrected chi connectivity index (χ4v) is 4.62. The molecule has 5 nitrogen and oxygen atoms in total. The highest BCUT2D eigenvalue weighted by Gasteiger charge is 2.51. The topological polar surface area (TPSA) is 78.4 Å². The first kappa shape index (κ1) is 14.8. The predicted molar refractivity (Wildman–Crippen MR) is 78.7 cm³/mol. The predicted octanol–water partition coefficient (Wildman–Crippen LogP) is 1.38. The third-order valence-electron chi connectivity index (χ3n) is 5.71. The fourth-order valence-electron chi connectivity index (χ4n) is 4.62. The van der Waals surface area contributed by atoms with Gasteiger partial charge in [0.1, 0.15) is 0 Å². The van der Waals surface area contributed by atoms with Gasteiger partial charge in [0.05, 0.1) is 5.92 Å². The van der Waals surface area contributed by atoms with Crippen LogP contribution < -0.4 is 10.6 Å². The molecule has 118 valence electrons. The molecule has 5 atom stereocenters. The van der Waals surface area contributed by atoms with Gasteiger partial charge in [0, 0.05) is 12.5 Å². The quantitative estimate of drug-likeness (QED) is 0.716. The van der Waals surface area contributed by atoms with Crippen LogP contribution in [0.4, 0.5) is 0 Å².